The molecule has 11 heavy (non-hydrogen) atoms. The molecular formula is C8H10O2S. The molecule has 1 rings (SSSR count). The van der Waals surface area contributed by atoms with Gasteiger partial charge in [0.25, 0.3) is 0 Å². The Bertz CT molecular complexity index is 252. The topological polar surface area (TPSA) is 26.3 Å². The maximum absolute atomic E-state index is 11.1. The third-order valence-electron chi connectivity index (χ3n) is 1.38. The van der Waals surface area contributed by atoms with Gasteiger partial charge >= 0.3 is 0 Å². The second kappa shape index (κ2) is 3.53. The lowest BCUT2D eigenvalue weighted by Gasteiger charge is -1.90. The lowest BCUT2D eigenvalue weighted by Crippen LogP contribution is -1.90. The van der Waals surface area contributed by atoms with Crippen LogP contribution < -0.4 is 4.74 Å². The van der Waals surface area contributed by atoms with Gasteiger partial charge < -0.3 is 4.74 Å². The molecule has 0 radical (unpaired) electrons. The SMILES string of the molecule is CCC(=O)c1ccc(OC)s1. The molecule has 1 heterocycles. The molecule has 3 heteroatoms. The first-order valence-electron chi connectivity index (χ1n) is 3.45. The number of thiophene rings is 1. The lowest BCUT2D eigenvalue weighted by atomic mass is 10.3. The van der Waals surface area contributed by atoms with Gasteiger partial charge in [-0.1, -0.05) is 18.3 Å². The highest BCUT2D eigenvalue weighted by Gasteiger charge is 2.05. The van der Waals surface area contributed by atoms with E-state index in [1.54, 1.807) is 13.2 Å². The number of ether oxygens (including phenoxy) is 1. The fourth-order valence-electron chi connectivity index (χ4n) is 0.754. The summed E-state index contributed by atoms with van der Waals surface area (Å²) in [6.07, 6.45) is 0.559. The predicted molar refractivity (Wildman–Crippen MR) is 45.5 cm³/mol. The summed E-state index contributed by atoms with van der Waals surface area (Å²) >= 11 is 1.39. The van der Waals surface area contributed by atoms with Crippen LogP contribution in [0.4, 0.5) is 0 Å². The van der Waals surface area contributed by atoms with Gasteiger partial charge in [-0.15, -0.1) is 0 Å². The van der Waals surface area contributed by atoms with Crippen LogP contribution in [0.3, 0.4) is 0 Å². The van der Waals surface area contributed by atoms with Gasteiger partial charge in [0, 0.05) is 6.42 Å². The minimum absolute atomic E-state index is 0.179. The minimum atomic E-state index is 0.179. The van der Waals surface area contributed by atoms with E-state index in [4.69, 9.17) is 4.74 Å². The van der Waals surface area contributed by atoms with Crippen molar-refractivity contribution in [1.82, 2.24) is 0 Å². The summed E-state index contributed by atoms with van der Waals surface area (Å²) in [7, 11) is 1.60. The Balaban J connectivity index is 2.80. The van der Waals surface area contributed by atoms with Crippen LogP contribution in [0.15, 0.2) is 12.1 Å². The molecule has 0 aliphatic rings. The summed E-state index contributed by atoms with van der Waals surface area (Å²) in [6.45, 7) is 1.86. The molecular weight excluding hydrogens is 160 g/mol. The van der Waals surface area contributed by atoms with Gasteiger partial charge in [0.15, 0.2) is 10.8 Å². The summed E-state index contributed by atoms with van der Waals surface area (Å²) in [5, 5.41) is 0.793. The van der Waals surface area contributed by atoms with E-state index in [1.165, 1.54) is 11.3 Å². The number of hydrogen-bond acceptors (Lipinski definition) is 3. The molecule has 2 nitrogen and oxygen atoms in total. The van der Waals surface area contributed by atoms with Crippen molar-refractivity contribution in [3.8, 4) is 5.06 Å². The van der Waals surface area contributed by atoms with Crippen molar-refractivity contribution in [2.24, 2.45) is 0 Å². The van der Waals surface area contributed by atoms with E-state index in [9.17, 15) is 4.79 Å². The Labute approximate surface area is 69.8 Å². The van der Waals surface area contributed by atoms with Gasteiger partial charge in [-0.25, -0.2) is 0 Å². The number of hydrogen-bond donors (Lipinski definition) is 0. The standard InChI is InChI=1S/C8H10O2S/c1-3-6(9)7-4-5-8(10-2)11-7/h4-5H,3H2,1-2H3. The van der Waals surface area contributed by atoms with E-state index in [1.807, 2.05) is 13.0 Å². The van der Waals surface area contributed by atoms with Crippen molar-refractivity contribution < 1.29 is 9.53 Å². The van der Waals surface area contributed by atoms with Gasteiger partial charge in [-0.05, 0) is 12.1 Å². The molecule has 0 unspecified atom stereocenters. The average molecular weight is 170 g/mol. The van der Waals surface area contributed by atoms with Crippen LogP contribution in [-0.2, 0) is 0 Å². The zero-order chi connectivity index (χ0) is 8.27. The number of rotatable bonds is 3. The second-order valence-electron chi connectivity index (χ2n) is 2.10. The highest BCUT2D eigenvalue weighted by molar-refractivity contribution is 7.15. The minimum Gasteiger partial charge on any atom is -0.487 e. The van der Waals surface area contributed by atoms with Crippen LogP contribution in [-0.4, -0.2) is 12.9 Å². The third kappa shape index (κ3) is 1.80. The second-order valence-corrected chi connectivity index (χ2v) is 3.15. The van der Waals surface area contributed by atoms with Crippen LogP contribution in [0, 0.1) is 0 Å². The largest absolute Gasteiger partial charge is 0.487 e. The van der Waals surface area contributed by atoms with Crippen LogP contribution in [0.5, 0.6) is 5.06 Å². The number of carbonyl (C=O) groups excluding carboxylic acids is 1. The first-order valence-corrected chi connectivity index (χ1v) is 4.26. The molecule has 0 amide bonds. The molecule has 0 fully saturated rings. The molecule has 1 aromatic heterocycles. The van der Waals surface area contributed by atoms with Gasteiger partial charge in [0.1, 0.15) is 0 Å². The van der Waals surface area contributed by atoms with Crippen LogP contribution >= 0.6 is 11.3 Å². The first-order chi connectivity index (χ1) is 5.27. The summed E-state index contributed by atoms with van der Waals surface area (Å²) in [5.41, 5.74) is 0. The zero-order valence-corrected chi connectivity index (χ0v) is 7.40. The van der Waals surface area contributed by atoms with Crippen LogP contribution in [0.1, 0.15) is 23.0 Å². The lowest BCUT2D eigenvalue weighted by molar-refractivity contribution is 0.0992. The van der Waals surface area contributed by atoms with Crippen molar-refractivity contribution in [3.63, 3.8) is 0 Å². The number of Topliss-reactive ketones (excluding diaryl/α,β-unsaturated/α-hetero) is 1. The van der Waals surface area contributed by atoms with Crippen molar-refractivity contribution in [2.75, 3.05) is 7.11 Å². The van der Waals surface area contributed by atoms with E-state index in [0.717, 1.165) is 9.94 Å². The molecule has 0 aliphatic heterocycles. The first kappa shape index (κ1) is 8.27. The summed E-state index contributed by atoms with van der Waals surface area (Å²) in [6, 6.07) is 3.61. The van der Waals surface area contributed by atoms with Crippen LogP contribution in [0.2, 0.25) is 0 Å². The van der Waals surface area contributed by atoms with Gasteiger partial charge in [-0.2, -0.15) is 0 Å². The molecule has 0 spiro atoms. The van der Waals surface area contributed by atoms with E-state index < -0.39 is 0 Å². The Morgan fingerprint density at radius 2 is 2.36 bits per heavy atom. The number of carbonyl (C=O) groups is 1. The quantitative estimate of drug-likeness (QED) is 0.651. The number of methoxy groups -OCH3 is 1. The van der Waals surface area contributed by atoms with E-state index in [-0.39, 0.29) is 5.78 Å². The number of ketones is 1. The van der Waals surface area contributed by atoms with Gasteiger partial charge in [0.2, 0.25) is 0 Å². The molecule has 0 saturated heterocycles. The molecule has 0 saturated carbocycles. The fraction of sp³-hybridized carbons (Fsp3) is 0.375. The smallest absolute Gasteiger partial charge is 0.173 e. The van der Waals surface area contributed by atoms with Crippen molar-refractivity contribution in [2.45, 2.75) is 13.3 Å². The summed E-state index contributed by atoms with van der Waals surface area (Å²) < 4.78 is 4.96. The van der Waals surface area contributed by atoms with Crippen molar-refractivity contribution in [1.29, 1.82) is 0 Å². The van der Waals surface area contributed by atoms with Gasteiger partial charge in [0.05, 0.1) is 12.0 Å². The summed E-state index contributed by atoms with van der Waals surface area (Å²) in [5.74, 6) is 0.179. The molecule has 0 aromatic carbocycles. The van der Waals surface area contributed by atoms with Crippen molar-refractivity contribution in [3.05, 3.63) is 17.0 Å². The Morgan fingerprint density at radius 1 is 1.64 bits per heavy atom. The maximum Gasteiger partial charge on any atom is 0.173 e. The van der Waals surface area contributed by atoms with Crippen molar-refractivity contribution >= 4 is 17.1 Å². The molecule has 0 N–H and O–H groups in total. The Hall–Kier alpha value is -0.830. The fourth-order valence-corrected chi connectivity index (χ4v) is 1.58. The average Bonchev–Trinajstić information content (AvgIpc) is 2.50. The Morgan fingerprint density at radius 3 is 2.82 bits per heavy atom. The molecule has 60 valence electrons. The molecule has 1 aromatic rings. The predicted octanol–water partition coefficient (Wildman–Crippen LogP) is 2.35. The van der Waals surface area contributed by atoms with Gasteiger partial charge in [-0.3, -0.25) is 4.79 Å². The maximum atomic E-state index is 11.1. The highest BCUT2D eigenvalue weighted by atomic mass is 32.1. The molecule has 0 aliphatic carbocycles. The van der Waals surface area contributed by atoms with E-state index in [0.29, 0.717) is 6.42 Å². The molecule has 0 atom stereocenters. The highest BCUT2D eigenvalue weighted by Crippen LogP contribution is 2.24. The zero-order valence-electron chi connectivity index (χ0n) is 6.59. The monoisotopic (exact) mass is 170 g/mol. The molecule has 0 bridgehead atoms. The van der Waals surface area contributed by atoms with Crippen LogP contribution in [0.25, 0.3) is 0 Å². The normalized spacial score (nSPS) is 9.64. The Kier molecular flexibility index (Phi) is 2.65. The third-order valence-corrected chi connectivity index (χ3v) is 2.47. The summed E-state index contributed by atoms with van der Waals surface area (Å²) in [4.78, 5) is 11.9. The van der Waals surface area contributed by atoms with E-state index >= 15 is 0 Å². The van der Waals surface area contributed by atoms with E-state index in [2.05, 4.69) is 0 Å².